The van der Waals surface area contributed by atoms with Gasteiger partial charge in [-0.15, -0.1) is 11.3 Å². The fourth-order valence-corrected chi connectivity index (χ4v) is 4.61. The number of anilines is 1. The summed E-state index contributed by atoms with van der Waals surface area (Å²) in [5.74, 6) is -0.210. The minimum absolute atomic E-state index is 0.210. The van der Waals surface area contributed by atoms with E-state index < -0.39 is 11.2 Å². The van der Waals surface area contributed by atoms with Crippen LogP contribution in [0.1, 0.15) is 15.9 Å². The molecule has 162 valence electrons. The monoisotopic (exact) mass is 453 g/mol. The Kier molecular flexibility index (Phi) is 5.46. The van der Waals surface area contributed by atoms with Gasteiger partial charge in [0.25, 0.3) is 11.5 Å². The van der Waals surface area contributed by atoms with E-state index in [4.69, 9.17) is 0 Å². The summed E-state index contributed by atoms with van der Waals surface area (Å²) in [7, 11) is 0. The van der Waals surface area contributed by atoms with E-state index in [9.17, 15) is 14.4 Å². The third-order valence-electron chi connectivity index (χ3n) is 5.35. The molecule has 0 unspecified atom stereocenters. The predicted molar refractivity (Wildman–Crippen MR) is 131 cm³/mol. The van der Waals surface area contributed by atoms with Gasteiger partial charge in [0.2, 0.25) is 0 Å². The Morgan fingerprint density at radius 1 is 0.879 bits per heavy atom. The molecule has 7 heteroatoms. The van der Waals surface area contributed by atoms with Gasteiger partial charge in [-0.25, -0.2) is 9.36 Å². The smallest absolute Gasteiger partial charge is 0.306 e. The van der Waals surface area contributed by atoms with Crippen molar-refractivity contribution in [1.82, 2.24) is 9.55 Å². The van der Waals surface area contributed by atoms with Crippen LogP contribution in [0.3, 0.4) is 0 Å². The highest BCUT2D eigenvalue weighted by molar-refractivity contribution is 7.12. The molecule has 5 aromatic rings. The number of aromatic nitrogens is 2. The zero-order valence-corrected chi connectivity index (χ0v) is 18.3. The number of benzene rings is 3. The van der Waals surface area contributed by atoms with E-state index in [-0.39, 0.29) is 5.91 Å². The van der Waals surface area contributed by atoms with E-state index in [1.54, 1.807) is 40.6 Å². The van der Waals surface area contributed by atoms with Gasteiger partial charge >= 0.3 is 5.69 Å². The fourth-order valence-electron chi connectivity index (χ4n) is 3.73. The maximum Gasteiger partial charge on any atom is 0.334 e. The summed E-state index contributed by atoms with van der Waals surface area (Å²) in [6.07, 6.45) is 0. The summed E-state index contributed by atoms with van der Waals surface area (Å²) in [6, 6.07) is 27.6. The van der Waals surface area contributed by atoms with Crippen molar-refractivity contribution in [1.29, 1.82) is 0 Å². The second kappa shape index (κ2) is 8.72. The van der Waals surface area contributed by atoms with Crippen molar-refractivity contribution in [2.75, 3.05) is 4.90 Å². The molecule has 1 N–H and O–H groups in total. The summed E-state index contributed by atoms with van der Waals surface area (Å²) in [4.78, 5) is 43.6. The number of thiophene rings is 1. The first-order valence-electron chi connectivity index (χ1n) is 10.4. The Balaban J connectivity index is 1.54. The lowest BCUT2D eigenvalue weighted by atomic mass is 10.1. The first-order valence-corrected chi connectivity index (χ1v) is 11.2. The highest BCUT2D eigenvalue weighted by Crippen LogP contribution is 2.24. The number of hydrogen-bond donors (Lipinski definition) is 1. The minimum Gasteiger partial charge on any atom is -0.306 e. The lowest BCUT2D eigenvalue weighted by Gasteiger charge is -2.22. The topological polar surface area (TPSA) is 75.2 Å². The molecular formula is C26H19N3O3S. The number of nitrogens with one attached hydrogen (secondary N) is 1. The summed E-state index contributed by atoms with van der Waals surface area (Å²) in [5.41, 5.74) is 1.69. The molecule has 2 heterocycles. The van der Waals surface area contributed by atoms with E-state index in [0.29, 0.717) is 28.0 Å². The minimum atomic E-state index is -0.538. The summed E-state index contributed by atoms with van der Waals surface area (Å²) in [5, 5.41) is 2.48. The quantitative estimate of drug-likeness (QED) is 0.423. The predicted octanol–water partition coefficient (Wildman–Crippen LogP) is 4.59. The van der Waals surface area contributed by atoms with Crippen molar-refractivity contribution in [3.8, 4) is 5.00 Å². The van der Waals surface area contributed by atoms with E-state index in [1.165, 1.54) is 11.3 Å². The van der Waals surface area contributed by atoms with Gasteiger partial charge in [-0.2, -0.15) is 0 Å². The Morgan fingerprint density at radius 3 is 2.30 bits per heavy atom. The summed E-state index contributed by atoms with van der Waals surface area (Å²) in [6.45, 7) is 0.394. The van der Waals surface area contributed by atoms with Gasteiger partial charge < -0.3 is 9.88 Å². The van der Waals surface area contributed by atoms with Gasteiger partial charge in [0.05, 0.1) is 23.0 Å². The maximum atomic E-state index is 13.5. The molecule has 5 rings (SSSR count). The van der Waals surface area contributed by atoms with Crippen LogP contribution in [-0.2, 0) is 6.54 Å². The zero-order chi connectivity index (χ0) is 22.8. The second-order valence-corrected chi connectivity index (χ2v) is 8.39. The molecule has 0 aliphatic rings. The summed E-state index contributed by atoms with van der Waals surface area (Å²) >= 11 is 1.18. The Morgan fingerprint density at radius 2 is 1.55 bits per heavy atom. The van der Waals surface area contributed by atoms with Crippen LogP contribution < -0.4 is 16.1 Å². The molecule has 0 radical (unpaired) electrons. The third kappa shape index (κ3) is 4.02. The molecule has 2 aromatic heterocycles. The van der Waals surface area contributed by atoms with Crippen LogP contribution in [0.25, 0.3) is 15.9 Å². The zero-order valence-electron chi connectivity index (χ0n) is 17.5. The average molecular weight is 454 g/mol. The Labute approximate surface area is 193 Å². The van der Waals surface area contributed by atoms with Gasteiger partial charge in [0.15, 0.2) is 0 Å². The van der Waals surface area contributed by atoms with E-state index in [0.717, 1.165) is 15.8 Å². The lowest BCUT2D eigenvalue weighted by molar-refractivity contribution is 0.0985. The first-order chi connectivity index (χ1) is 16.1. The number of hydrogen-bond acceptors (Lipinski definition) is 4. The van der Waals surface area contributed by atoms with Crippen LogP contribution in [-0.4, -0.2) is 15.5 Å². The molecular weight excluding hydrogens is 434 g/mol. The van der Waals surface area contributed by atoms with E-state index in [2.05, 4.69) is 4.98 Å². The van der Waals surface area contributed by atoms with Gasteiger partial charge in [-0.05, 0) is 35.9 Å². The molecule has 0 fully saturated rings. The molecule has 3 aromatic carbocycles. The van der Waals surface area contributed by atoms with Crippen molar-refractivity contribution in [2.24, 2.45) is 0 Å². The van der Waals surface area contributed by atoms with Gasteiger partial charge in [0.1, 0.15) is 5.00 Å². The number of nitrogens with zero attached hydrogens (tertiary/aromatic N) is 2. The molecule has 0 saturated carbocycles. The van der Waals surface area contributed by atoms with Crippen LogP contribution in [0, 0.1) is 0 Å². The highest BCUT2D eigenvalue weighted by atomic mass is 32.1. The molecule has 0 atom stereocenters. The number of para-hydroxylation sites is 2. The van der Waals surface area contributed by atoms with E-state index in [1.807, 2.05) is 60.7 Å². The fraction of sp³-hybridized carbons (Fsp3) is 0.0385. The van der Waals surface area contributed by atoms with Crippen molar-refractivity contribution < 1.29 is 4.79 Å². The highest BCUT2D eigenvalue weighted by Gasteiger charge is 2.21. The van der Waals surface area contributed by atoms with Gasteiger partial charge in [-0.3, -0.25) is 9.59 Å². The molecule has 33 heavy (non-hydrogen) atoms. The van der Waals surface area contributed by atoms with Crippen LogP contribution in [0.15, 0.2) is 106 Å². The van der Waals surface area contributed by atoms with E-state index >= 15 is 0 Å². The number of rotatable bonds is 5. The molecule has 0 aliphatic carbocycles. The standard InChI is InChI=1S/C26H19N3O3S/c30-24(28(20-11-5-2-6-12-20)16-18-9-3-1-4-10-18)19-15-23(33-17-19)29-25(31)21-13-7-8-14-22(21)27-26(29)32/h1-15,17H,16H2,(H,27,32). The Hall–Kier alpha value is -4.23. The number of carbonyl (C=O) groups is 1. The van der Waals surface area contributed by atoms with Crippen molar-refractivity contribution in [2.45, 2.75) is 6.54 Å². The number of H-pyrrole nitrogens is 1. The number of amides is 1. The van der Waals surface area contributed by atoms with Crippen LogP contribution in [0.5, 0.6) is 0 Å². The molecule has 0 spiro atoms. The largest absolute Gasteiger partial charge is 0.334 e. The van der Waals surface area contributed by atoms with Crippen LogP contribution in [0.4, 0.5) is 5.69 Å². The number of carbonyl (C=O) groups excluding carboxylic acids is 1. The van der Waals surface area contributed by atoms with Gasteiger partial charge in [0, 0.05) is 11.1 Å². The van der Waals surface area contributed by atoms with Crippen molar-refractivity contribution in [3.63, 3.8) is 0 Å². The normalized spacial score (nSPS) is 10.9. The third-order valence-corrected chi connectivity index (χ3v) is 6.27. The molecule has 6 nitrogen and oxygen atoms in total. The van der Waals surface area contributed by atoms with Crippen LogP contribution >= 0.6 is 11.3 Å². The maximum absolute atomic E-state index is 13.5. The van der Waals surface area contributed by atoms with Crippen molar-refractivity contribution >= 4 is 33.8 Å². The molecule has 0 bridgehead atoms. The molecule has 1 amide bonds. The second-order valence-electron chi connectivity index (χ2n) is 7.50. The number of fused-ring (bicyclic) bond motifs is 1. The van der Waals surface area contributed by atoms with Crippen LogP contribution in [0.2, 0.25) is 0 Å². The van der Waals surface area contributed by atoms with Crippen molar-refractivity contribution in [3.05, 3.63) is 128 Å². The Bertz CT molecular complexity index is 1550. The average Bonchev–Trinajstić information content (AvgIpc) is 3.33. The van der Waals surface area contributed by atoms with Gasteiger partial charge in [-0.1, -0.05) is 60.7 Å². The molecule has 0 saturated heterocycles. The number of aromatic amines is 1. The molecule has 0 aliphatic heterocycles. The summed E-state index contributed by atoms with van der Waals surface area (Å²) < 4.78 is 1.08. The SMILES string of the molecule is O=C(c1csc(-n2c(=O)[nH]c3ccccc3c2=O)c1)N(Cc1ccccc1)c1ccccc1. The first kappa shape index (κ1) is 20.7. The lowest BCUT2D eigenvalue weighted by Crippen LogP contribution is -2.33.